The van der Waals surface area contributed by atoms with Crippen LogP contribution in [0.5, 0.6) is 5.75 Å². The molecular formula is C15H14BrFN2OS. The maximum Gasteiger partial charge on any atom is 0.161 e. The van der Waals surface area contributed by atoms with Crippen molar-refractivity contribution in [1.29, 1.82) is 0 Å². The lowest BCUT2D eigenvalue weighted by Gasteiger charge is -2.12. The van der Waals surface area contributed by atoms with Gasteiger partial charge in [-0.1, -0.05) is 18.3 Å². The third-order valence-corrected chi connectivity index (χ3v) is 3.77. The maximum atomic E-state index is 14.3. The summed E-state index contributed by atoms with van der Waals surface area (Å²) in [6.07, 6.45) is 0. The van der Waals surface area contributed by atoms with E-state index in [4.69, 9.17) is 22.7 Å². The second-order valence-corrected chi connectivity index (χ2v) is 5.47. The van der Waals surface area contributed by atoms with Crippen molar-refractivity contribution >= 4 is 44.5 Å². The normalized spacial score (nSPS) is 10.2. The summed E-state index contributed by atoms with van der Waals surface area (Å²) in [4.78, 5) is 0.144. The molecule has 3 N–H and O–H groups in total. The van der Waals surface area contributed by atoms with Crippen LogP contribution >= 0.6 is 28.1 Å². The molecule has 0 radical (unpaired) electrons. The fraction of sp³-hybridized carbons (Fsp3) is 0.133. The topological polar surface area (TPSA) is 47.3 Å². The van der Waals surface area contributed by atoms with E-state index in [1.54, 1.807) is 18.2 Å². The molecule has 0 saturated heterocycles. The molecule has 0 amide bonds. The average Bonchev–Trinajstić information content (AvgIpc) is 2.44. The van der Waals surface area contributed by atoms with E-state index < -0.39 is 5.82 Å². The van der Waals surface area contributed by atoms with Crippen LogP contribution in [-0.4, -0.2) is 11.6 Å². The van der Waals surface area contributed by atoms with Crippen molar-refractivity contribution in [3.8, 4) is 5.75 Å². The molecule has 0 spiro atoms. The highest BCUT2D eigenvalue weighted by Gasteiger charge is 2.13. The zero-order valence-electron chi connectivity index (χ0n) is 11.3. The van der Waals surface area contributed by atoms with Gasteiger partial charge in [0, 0.05) is 17.3 Å². The quantitative estimate of drug-likeness (QED) is 0.769. The molecule has 0 aliphatic heterocycles. The Morgan fingerprint density at radius 2 is 2.14 bits per heavy atom. The van der Waals surface area contributed by atoms with Crippen molar-refractivity contribution < 1.29 is 9.13 Å². The summed E-state index contributed by atoms with van der Waals surface area (Å²) in [5.41, 5.74) is 7.07. The Bertz CT molecular complexity index is 679. The van der Waals surface area contributed by atoms with Gasteiger partial charge in [0.15, 0.2) is 5.82 Å². The molecule has 0 fully saturated rings. The van der Waals surface area contributed by atoms with Crippen LogP contribution < -0.4 is 15.8 Å². The fourth-order valence-corrected chi connectivity index (χ4v) is 2.68. The highest BCUT2D eigenvalue weighted by Crippen LogP contribution is 2.30. The van der Waals surface area contributed by atoms with E-state index >= 15 is 0 Å². The summed E-state index contributed by atoms with van der Waals surface area (Å²) in [5.74, 6) is 0.281. The molecule has 2 aromatic carbocycles. The Morgan fingerprint density at radius 3 is 2.81 bits per heavy atom. The van der Waals surface area contributed by atoms with Crippen molar-refractivity contribution in [2.24, 2.45) is 5.73 Å². The first-order valence-electron chi connectivity index (χ1n) is 6.30. The molecule has 0 atom stereocenters. The largest absolute Gasteiger partial charge is 0.494 e. The fourth-order valence-electron chi connectivity index (χ4n) is 1.82. The maximum absolute atomic E-state index is 14.3. The summed E-state index contributed by atoms with van der Waals surface area (Å²) in [7, 11) is 0. The highest BCUT2D eigenvalue weighted by atomic mass is 79.9. The van der Waals surface area contributed by atoms with Crippen LogP contribution in [0.1, 0.15) is 12.5 Å². The van der Waals surface area contributed by atoms with Crippen LogP contribution in [0.3, 0.4) is 0 Å². The molecular weight excluding hydrogens is 355 g/mol. The lowest BCUT2D eigenvalue weighted by Crippen LogP contribution is -2.11. The molecule has 0 unspecified atom stereocenters. The van der Waals surface area contributed by atoms with Gasteiger partial charge in [-0.05, 0) is 47.1 Å². The number of ether oxygens (including phenoxy) is 1. The van der Waals surface area contributed by atoms with Gasteiger partial charge in [-0.2, -0.15) is 0 Å². The zero-order chi connectivity index (χ0) is 15.4. The average molecular weight is 369 g/mol. The third kappa shape index (κ3) is 3.71. The molecule has 0 bridgehead atoms. The first kappa shape index (κ1) is 15.7. The molecule has 0 saturated carbocycles. The first-order valence-corrected chi connectivity index (χ1v) is 7.50. The number of benzene rings is 2. The van der Waals surface area contributed by atoms with Crippen LogP contribution in [0.4, 0.5) is 15.8 Å². The van der Waals surface area contributed by atoms with E-state index in [-0.39, 0.29) is 9.46 Å². The summed E-state index contributed by atoms with van der Waals surface area (Å²) in [6, 6.07) is 10.6. The molecule has 2 rings (SSSR count). The molecule has 0 aromatic heterocycles. The number of thiocarbonyl (C=S) groups is 1. The molecule has 0 aliphatic rings. The van der Waals surface area contributed by atoms with Gasteiger partial charge in [-0.3, -0.25) is 0 Å². The predicted molar refractivity (Wildman–Crippen MR) is 90.9 cm³/mol. The van der Waals surface area contributed by atoms with Gasteiger partial charge < -0.3 is 15.8 Å². The molecule has 110 valence electrons. The van der Waals surface area contributed by atoms with Crippen molar-refractivity contribution in [2.45, 2.75) is 6.92 Å². The summed E-state index contributed by atoms with van der Waals surface area (Å²) >= 11 is 8.05. The lowest BCUT2D eigenvalue weighted by molar-refractivity contribution is 0.340. The SMILES string of the molecule is CCOc1cccc(Nc2ccc(C(N)=S)c(Br)c2F)c1. The van der Waals surface area contributed by atoms with Gasteiger partial charge in [0.25, 0.3) is 0 Å². The minimum atomic E-state index is -0.442. The zero-order valence-corrected chi connectivity index (χ0v) is 13.7. The molecule has 6 heteroatoms. The Balaban J connectivity index is 2.30. The second-order valence-electron chi connectivity index (χ2n) is 4.24. The molecule has 2 aromatic rings. The van der Waals surface area contributed by atoms with Crippen LogP contribution in [-0.2, 0) is 0 Å². The van der Waals surface area contributed by atoms with E-state index in [1.807, 2.05) is 25.1 Å². The monoisotopic (exact) mass is 368 g/mol. The molecule has 0 heterocycles. The minimum absolute atomic E-state index is 0.144. The number of rotatable bonds is 5. The standard InChI is InChI=1S/C15H14BrFN2OS/c1-2-20-10-5-3-4-9(8-10)19-12-7-6-11(15(18)21)13(16)14(12)17/h3-8,19H,2H2,1H3,(H2,18,21). The summed E-state index contributed by atoms with van der Waals surface area (Å²) in [5, 5.41) is 3.01. The van der Waals surface area contributed by atoms with E-state index in [1.165, 1.54) is 0 Å². The van der Waals surface area contributed by atoms with E-state index in [0.29, 0.717) is 17.9 Å². The molecule has 0 aliphatic carbocycles. The Labute approximate surface area is 136 Å². The second kappa shape index (κ2) is 6.87. The van der Waals surface area contributed by atoms with Crippen molar-refractivity contribution in [3.63, 3.8) is 0 Å². The molecule has 3 nitrogen and oxygen atoms in total. The Hall–Kier alpha value is -1.66. The van der Waals surface area contributed by atoms with Gasteiger partial charge in [-0.15, -0.1) is 0 Å². The minimum Gasteiger partial charge on any atom is -0.494 e. The first-order chi connectivity index (χ1) is 10.0. The number of nitrogens with one attached hydrogen (secondary N) is 1. The molecule has 21 heavy (non-hydrogen) atoms. The van der Waals surface area contributed by atoms with Crippen LogP contribution in [0.2, 0.25) is 0 Å². The van der Waals surface area contributed by atoms with Crippen molar-refractivity contribution in [1.82, 2.24) is 0 Å². The number of hydrogen-bond donors (Lipinski definition) is 2. The van der Waals surface area contributed by atoms with Crippen molar-refractivity contribution in [3.05, 3.63) is 52.3 Å². The number of halogens is 2. The van der Waals surface area contributed by atoms with E-state index in [2.05, 4.69) is 21.2 Å². The number of nitrogens with two attached hydrogens (primary N) is 1. The predicted octanol–water partition coefficient (Wildman–Crippen LogP) is 4.36. The number of anilines is 2. The van der Waals surface area contributed by atoms with Crippen LogP contribution in [0, 0.1) is 5.82 Å². The van der Waals surface area contributed by atoms with Crippen LogP contribution in [0.25, 0.3) is 0 Å². The highest BCUT2D eigenvalue weighted by molar-refractivity contribution is 9.10. The lowest BCUT2D eigenvalue weighted by atomic mass is 10.2. The Kier molecular flexibility index (Phi) is 5.14. The van der Waals surface area contributed by atoms with Crippen molar-refractivity contribution in [2.75, 3.05) is 11.9 Å². The van der Waals surface area contributed by atoms with Gasteiger partial charge in [0.2, 0.25) is 0 Å². The third-order valence-electron chi connectivity index (χ3n) is 2.77. The smallest absolute Gasteiger partial charge is 0.161 e. The summed E-state index contributed by atoms with van der Waals surface area (Å²) in [6.45, 7) is 2.48. The van der Waals surface area contributed by atoms with Gasteiger partial charge >= 0.3 is 0 Å². The summed E-state index contributed by atoms with van der Waals surface area (Å²) < 4.78 is 20.0. The van der Waals surface area contributed by atoms with E-state index in [9.17, 15) is 4.39 Å². The van der Waals surface area contributed by atoms with Gasteiger partial charge in [0.1, 0.15) is 10.7 Å². The number of hydrogen-bond acceptors (Lipinski definition) is 3. The van der Waals surface area contributed by atoms with E-state index in [0.717, 1.165) is 11.4 Å². The Morgan fingerprint density at radius 1 is 1.38 bits per heavy atom. The van der Waals surface area contributed by atoms with Gasteiger partial charge in [-0.25, -0.2) is 4.39 Å². The van der Waals surface area contributed by atoms with Crippen LogP contribution in [0.15, 0.2) is 40.9 Å². The van der Waals surface area contributed by atoms with Gasteiger partial charge in [0.05, 0.1) is 16.8 Å².